The van der Waals surface area contributed by atoms with Gasteiger partial charge < -0.3 is 9.64 Å². The lowest BCUT2D eigenvalue weighted by Gasteiger charge is -2.28. The molecule has 0 spiro atoms. The van der Waals surface area contributed by atoms with Gasteiger partial charge in [0.25, 0.3) is 0 Å². The van der Waals surface area contributed by atoms with Gasteiger partial charge in [0.05, 0.1) is 11.9 Å². The molecule has 0 amide bonds. The van der Waals surface area contributed by atoms with Gasteiger partial charge >= 0.3 is 0 Å². The minimum atomic E-state index is 0.566. The Labute approximate surface area is 120 Å². The van der Waals surface area contributed by atoms with E-state index in [1.54, 1.807) is 0 Å². The van der Waals surface area contributed by atoms with Crippen LogP contribution in [-0.4, -0.2) is 18.1 Å². The summed E-state index contributed by atoms with van der Waals surface area (Å²) in [6.45, 7) is 2.86. The lowest BCUT2D eigenvalue weighted by molar-refractivity contribution is 0.294. The van der Waals surface area contributed by atoms with Crippen LogP contribution in [0.3, 0.4) is 0 Å². The second-order valence-corrected chi connectivity index (χ2v) is 5.18. The van der Waals surface area contributed by atoms with Crippen molar-refractivity contribution >= 4 is 5.69 Å². The molecule has 1 aromatic carbocycles. The van der Waals surface area contributed by atoms with Crippen molar-refractivity contribution in [3.8, 4) is 5.88 Å². The molecular formula is C17H20N2O. The largest absolute Gasteiger partial charge is 0.473 e. The Kier molecular flexibility index (Phi) is 4.16. The Morgan fingerprint density at radius 3 is 2.45 bits per heavy atom. The summed E-state index contributed by atoms with van der Waals surface area (Å²) in [6.07, 6.45) is 5.84. The Morgan fingerprint density at radius 1 is 0.950 bits per heavy atom. The summed E-state index contributed by atoms with van der Waals surface area (Å²) in [7, 11) is 0. The number of hydrogen-bond acceptors (Lipinski definition) is 3. The number of benzene rings is 1. The van der Waals surface area contributed by atoms with Crippen molar-refractivity contribution in [1.82, 2.24) is 4.98 Å². The number of hydrogen-bond donors (Lipinski definition) is 0. The molecule has 0 aliphatic carbocycles. The molecule has 2 aromatic rings. The van der Waals surface area contributed by atoms with Gasteiger partial charge in [0.2, 0.25) is 5.88 Å². The molecule has 1 fully saturated rings. The Morgan fingerprint density at radius 2 is 1.75 bits per heavy atom. The van der Waals surface area contributed by atoms with E-state index in [-0.39, 0.29) is 0 Å². The number of pyridine rings is 1. The smallest absolute Gasteiger partial charge is 0.213 e. The van der Waals surface area contributed by atoms with Gasteiger partial charge in [0.1, 0.15) is 6.61 Å². The number of nitrogens with zero attached hydrogens (tertiary/aromatic N) is 2. The first kappa shape index (κ1) is 13.0. The first-order valence-electron chi connectivity index (χ1n) is 7.29. The van der Waals surface area contributed by atoms with Gasteiger partial charge in [-0.05, 0) is 30.9 Å². The zero-order valence-electron chi connectivity index (χ0n) is 11.7. The summed E-state index contributed by atoms with van der Waals surface area (Å²) in [6, 6.07) is 14.2. The number of anilines is 1. The molecule has 0 N–H and O–H groups in total. The molecule has 104 valence electrons. The van der Waals surface area contributed by atoms with E-state index in [0.29, 0.717) is 12.5 Å². The normalized spacial score (nSPS) is 15.1. The van der Waals surface area contributed by atoms with Gasteiger partial charge in [-0.25, -0.2) is 4.98 Å². The Balaban J connectivity index is 1.58. The minimum Gasteiger partial charge on any atom is -0.473 e. The molecule has 3 rings (SSSR count). The fraction of sp³-hybridized carbons (Fsp3) is 0.353. The lowest BCUT2D eigenvalue weighted by Crippen LogP contribution is -2.29. The molecule has 0 unspecified atom stereocenters. The van der Waals surface area contributed by atoms with Crippen LogP contribution in [0.25, 0.3) is 0 Å². The number of rotatable bonds is 4. The summed E-state index contributed by atoms with van der Waals surface area (Å²) in [5.41, 5.74) is 2.37. The Hall–Kier alpha value is -2.03. The van der Waals surface area contributed by atoms with E-state index in [2.05, 4.69) is 28.1 Å². The van der Waals surface area contributed by atoms with Crippen LogP contribution in [0.15, 0.2) is 48.7 Å². The van der Waals surface area contributed by atoms with Gasteiger partial charge in [0, 0.05) is 19.2 Å². The zero-order valence-corrected chi connectivity index (χ0v) is 11.7. The van der Waals surface area contributed by atoms with Crippen molar-refractivity contribution in [3.63, 3.8) is 0 Å². The van der Waals surface area contributed by atoms with E-state index in [9.17, 15) is 0 Å². The first-order valence-corrected chi connectivity index (χ1v) is 7.29. The molecule has 0 radical (unpaired) electrons. The highest BCUT2D eigenvalue weighted by molar-refractivity contribution is 5.45. The van der Waals surface area contributed by atoms with E-state index in [4.69, 9.17) is 4.74 Å². The maximum absolute atomic E-state index is 5.70. The summed E-state index contributed by atoms with van der Waals surface area (Å²) < 4.78 is 5.70. The van der Waals surface area contributed by atoms with E-state index < -0.39 is 0 Å². The molecule has 1 aromatic heterocycles. The van der Waals surface area contributed by atoms with Crippen LogP contribution in [0.4, 0.5) is 5.69 Å². The van der Waals surface area contributed by atoms with Crippen LogP contribution in [0.5, 0.6) is 5.88 Å². The molecule has 0 saturated carbocycles. The van der Waals surface area contributed by atoms with E-state index in [0.717, 1.165) is 18.7 Å². The van der Waals surface area contributed by atoms with Gasteiger partial charge in [-0.15, -0.1) is 0 Å². The summed E-state index contributed by atoms with van der Waals surface area (Å²) in [5, 5.41) is 0. The molecule has 20 heavy (non-hydrogen) atoms. The summed E-state index contributed by atoms with van der Waals surface area (Å²) in [5.74, 6) is 0.689. The van der Waals surface area contributed by atoms with Crippen molar-refractivity contribution in [3.05, 3.63) is 54.2 Å². The molecule has 1 saturated heterocycles. The van der Waals surface area contributed by atoms with Crippen LogP contribution in [0.1, 0.15) is 24.8 Å². The monoisotopic (exact) mass is 268 g/mol. The third-order valence-electron chi connectivity index (χ3n) is 3.67. The molecule has 3 heteroatoms. The van der Waals surface area contributed by atoms with E-state index in [1.165, 1.54) is 24.9 Å². The SMILES string of the molecule is c1ccc(COc2ccc(N3CCCCC3)cn2)cc1. The Bertz CT molecular complexity index is 518. The average molecular weight is 268 g/mol. The van der Waals surface area contributed by atoms with Crippen LogP contribution in [-0.2, 0) is 6.61 Å². The third-order valence-corrected chi connectivity index (χ3v) is 3.67. The fourth-order valence-electron chi connectivity index (χ4n) is 2.53. The third kappa shape index (κ3) is 3.29. The number of ether oxygens (including phenoxy) is 1. The highest BCUT2D eigenvalue weighted by atomic mass is 16.5. The maximum Gasteiger partial charge on any atom is 0.213 e. The second kappa shape index (κ2) is 6.42. The molecular weight excluding hydrogens is 248 g/mol. The number of aromatic nitrogens is 1. The molecule has 0 atom stereocenters. The lowest BCUT2D eigenvalue weighted by atomic mass is 10.1. The highest BCUT2D eigenvalue weighted by Gasteiger charge is 2.11. The zero-order chi connectivity index (χ0) is 13.6. The van der Waals surface area contributed by atoms with Gasteiger partial charge in [-0.2, -0.15) is 0 Å². The van der Waals surface area contributed by atoms with Crippen LogP contribution < -0.4 is 9.64 Å². The molecule has 1 aliphatic rings. The van der Waals surface area contributed by atoms with Crippen LogP contribution >= 0.6 is 0 Å². The van der Waals surface area contributed by atoms with E-state index in [1.807, 2.05) is 30.5 Å². The molecule has 1 aliphatic heterocycles. The van der Waals surface area contributed by atoms with Crippen molar-refractivity contribution in [1.29, 1.82) is 0 Å². The maximum atomic E-state index is 5.70. The predicted molar refractivity (Wildman–Crippen MR) is 81.1 cm³/mol. The highest BCUT2D eigenvalue weighted by Crippen LogP contribution is 2.21. The summed E-state index contributed by atoms with van der Waals surface area (Å²) in [4.78, 5) is 6.81. The van der Waals surface area contributed by atoms with Crippen molar-refractivity contribution in [2.24, 2.45) is 0 Å². The topological polar surface area (TPSA) is 25.4 Å². The van der Waals surface area contributed by atoms with Crippen molar-refractivity contribution < 1.29 is 4.74 Å². The van der Waals surface area contributed by atoms with Gasteiger partial charge in [0.15, 0.2) is 0 Å². The quantitative estimate of drug-likeness (QED) is 0.846. The van der Waals surface area contributed by atoms with Gasteiger partial charge in [-0.1, -0.05) is 30.3 Å². The standard InChI is InChI=1S/C17H20N2O/c1-3-7-15(8-4-1)14-20-17-10-9-16(13-18-17)19-11-5-2-6-12-19/h1,3-4,7-10,13H,2,5-6,11-12,14H2. The van der Waals surface area contributed by atoms with Crippen LogP contribution in [0, 0.1) is 0 Å². The van der Waals surface area contributed by atoms with Crippen molar-refractivity contribution in [2.45, 2.75) is 25.9 Å². The fourth-order valence-corrected chi connectivity index (χ4v) is 2.53. The molecule has 3 nitrogen and oxygen atoms in total. The first-order chi connectivity index (χ1) is 9.92. The number of piperidine rings is 1. The molecule has 2 heterocycles. The second-order valence-electron chi connectivity index (χ2n) is 5.18. The predicted octanol–water partition coefficient (Wildman–Crippen LogP) is 3.65. The van der Waals surface area contributed by atoms with Gasteiger partial charge in [-0.3, -0.25) is 0 Å². The summed E-state index contributed by atoms with van der Waals surface area (Å²) >= 11 is 0. The van der Waals surface area contributed by atoms with Crippen molar-refractivity contribution in [2.75, 3.05) is 18.0 Å². The van der Waals surface area contributed by atoms with E-state index >= 15 is 0 Å². The molecule has 0 bridgehead atoms. The average Bonchev–Trinajstić information content (AvgIpc) is 2.55. The van der Waals surface area contributed by atoms with Crippen LogP contribution in [0.2, 0.25) is 0 Å². The minimum absolute atomic E-state index is 0.566.